The standard InChI is InChI=1S/C14H21N5/c1-2-8-19(7-1)9-3-5-15-10-12-4-6-16-14-13(12)17-11-18-14/h4,6,11,15H,1-3,5,7-10H2,(H,16,17,18). The quantitative estimate of drug-likeness (QED) is 0.773. The summed E-state index contributed by atoms with van der Waals surface area (Å²) in [4.78, 5) is 14.1. The van der Waals surface area contributed by atoms with Crippen LogP contribution in [-0.4, -0.2) is 46.0 Å². The van der Waals surface area contributed by atoms with Crippen molar-refractivity contribution in [3.8, 4) is 0 Å². The molecule has 0 bridgehead atoms. The number of rotatable bonds is 6. The molecule has 1 aliphatic heterocycles. The van der Waals surface area contributed by atoms with Gasteiger partial charge in [0.2, 0.25) is 0 Å². The molecule has 0 saturated carbocycles. The SMILES string of the molecule is c1cc(CNCCCN2CCCC2)c2[nH]cnc2n1. The third-order valence-electron chi connectivity index (χ3n) is 3.76. The zero-order chi connectivity index (χ0) is 12.9. The van der Waals surface area contributed by atoms with Crippen LogP contribution in [0, 0.1) is 0 Å². The Kier molecular flexibility index (Phi) is 4.05. The molecule has 0 aromatic carbocycles. The molecule has 0 spiro atoms. The molecule has 0 atom stereocenters. The summed E-state index contributed by atoms with van der Waals surface area (Å²) in [7, 11) is 0. The largest absolute Gasteiger partial charge is 0.343 e. The Morgan fingerprint density at radius 3 is 3.05 bits per heavy atom. The van der Waals surface area contributed by atoms with E-state index >= 15 is 0 Å². The van der Waals surface area contributed by atoms with Crippen molar-refractivity contribution in [3.05, 3.63) is 24.2 Å². The van der Waals surface area contributed by atoms with Crippen LogP contribution in [0.25, 0.3) is 11.2 Å². The van der Waals surface area contributed by atoms with Crippen LogP contribution in [0.5, 0.6) is 0 Å². The Hall–Kier alpha value is -1.46. The summed E-state index contributed by atoms with van der Waals surface area (Å²) in [6.07, 6.45) is 7.50. The number of nitrogens with one attached hydrogen (secondary N) is 2. The van der Waals surface area contributed by atoms with Crippen molar-refractivity contribution in [2.75, 3.05) is 26.2 Å². The van der Waals surface area contributed by atoms with Crippen LogP contribution in [0.2, 0.25) is 0 Å². The Morgan fingerprint density at radius 1 is 1.26 bits per heavy atom. The van der Waals surface area contributed by atoms with Crippen molar-refractivity contribution in [1.82, 2.24) is 25.2 Å². The Labute approximate surface area is 113 Å². The van der Waals surface area contributed by atoms with E-state index in [4.69, 9.17) is 0 Å². The highest BCUT2D eigenvalue weighted by Crippen LogP contribution is 2.11. The van der Waals surface area contributed by atoms with E-state index in [9.17, 15) is 0 Å². The number of hydrogen-bond acceptors (Lipinski definition) is 4. The molecule has 0 radical (unpaired) electrons. The number of aromatic amines is 1. The van der Waals surface area contributed by atoms with Gasteiger partial charge in [0.05, 0.1) is 11.8 Å². The number of nitrogens with zero attached hydrogens (tertiary/aromatic N) is 3. The maximum atomic E-state index is 4.22. The number of aromatic nitrogens is 3. The molecule has 1 saturated heterocycles. The van der Waals surface area contributed by atoms with E-state index in [1.807, 2.05) is 12.3 Å². The predicted octanol–water partition coefficient (Wildman–Crippen LogP) is 1.53. The molecule has 19 heavy (non-hydrogen) atoms. The van der Waals surface area contributed by atoms with E-state index < -0.39 is 0 Å². The average molecular weight is 259 g/mol. The highest BCUT2D eigenvalue weighted by molar-refractivity contribution is 5.73. The lowest BCUT2D eigenvalue weighted by Gasteiger charge is -2.14. The normalized spacial score (nSPS) is 16.4. The molecule has 0 aliphatic carbocycles. The zero-order valence-corrected chi connectivity index (χ0v) is 11.2. The number of pyridine rings is 1. The lowest BCUT2D eigenvalue weighted by Crippen LogP contribution is -2.24. The predicted molar refractivity (Wildman–Crippen MR) is 75.9 cm³/mol. The molecule has 3 heterocycles. The fourth-order valence-corrected chi connectivity index (χ4v) is 2.71. The van der Waals surface area contributed by atoms with Crippen LogP contribution in [0.3, 0.4) is 0 Å². The Balaban J connectivity index is 1.43. The maximum Gasteiger partial charge on any atom is 0.177 e. The zero-order valence-electron chi connectivity index (χ0n) is 11.2. The fraction of sp³-hybridized carbons (Fsp3) is 0.571. The molecular formula is C14H21N5. The summed E-state index contributed by atoms with van der Waals surface area (Å²) in [5, 5.41) is 3.51. The van der Waals surface area contributed by atoms with Crippen LogP contribution < -0.4 is 5.32 Å². The van der Waals surface area contributed by atoms with E-state index in [1.54, 1.807) is 6.33 Å². The van der Waals surface area contributed by atoms with Gasteiger partial charge in [-0.2, -0.15) is 0 Å². The summed E-state index contributed by atoms with van der Waals surface area (Å²) < 4.78 is 0. The molecule has 3 rings (SSSR count). The minimum atomic E-state index is 0.802. The van der Waals surface area contributed by atoms with Crippen LogP contribution in [0.15, 0.2) is 18.6 Å². The second-order valence-electron chi connectivity index (χ2n) is 5.15. The molecular weight excluding hydrogens is 238 g/mol. The number of imidazole rings is 1. The number of hydrogen-bond donors (Lipinski definition) is 2. The van der Waals surface area contributed by atoms with Gasteiger partial charge in [0.15, 0.2) is 5.65 Å². The molecule has 5 nitrogen and oxygen atoms in total. The molecule has 0 unspecified atom stereocenters. The minimum Gasteiger partial charge on any atom is -0.343 e. The number of H-pyrrole nitrogens is 1. The average Bonchev–Trinajstić information content (AvgIpc) is 3.09. The molecule has 1 aliphatic rings. The van der Waals surface area contributed by atoms with Gasteiger partial charge in [-0.3, -0.25) is 0 Å². The maximum absolute atomic E-state index is 4.22. The first-order valence-corrected chi connectivity index (χ1v) is 7.13. The molecule has 2 aromatic heterocycles. The lowest BCUT2D eigenvalue weighted by molar-refractivity contribution is 0.331. The topological polar surface area (TPSA) is 56.8 Å². The minimum absolute atomic E-state index is 0.802. The third-order valence-corrected chi connectivity index (χ3v) is 3.76. The highest BCUT2D eigenvalue weighted by atomic mass is 15.1. The van der Waals surface area contributed by atoms with Gasteiger partial charge in [-0.05, 0) is 57.1 Å². The van der Waals surface area contributed by atoms with Gasteiger partial charge in [-0.25, -0.2) is 9.97 Å². The van der Waals surface area contributed by atoms with E-state index in [-0.39, 0.29) is 0 Å². The molecule has 2 N–H and O–H groups in total. The van der Waals surface area contributed by atoms with E-state index in [1.165, 1.54) is 44.5 Å². The summed E-state index contributed by atoms with van der Waals surface area (Å²) in [5.41, 5.74) is 3.09. The first-order chi connectivity index (χ1) is 9.43. The highest BCUT2D eigenvalue weighted by Gasteiger charge is 2.10. The monoisotopic (exact) mass is 259 g/mol. The molecule has 2 aromatic rings. The van der Waals surface area contributed by atoms with Crippen molar-refractivity contribution in [2.45, 2.75) is 25.8 Å². The van der Waals surface area contributed by atoms with Gasteiger partial charge in [-0.15, -0.1) is 0 Å². The van der Waals surface area contributed by atoms with Crippen molar-refractivity contribution in [3.63, 3.8) is 0 Å². The summed E-state index contributed by atoms with van der Waals surface area (Å²) >= 11 is 0. The fourth-order valence-electron chi connectivity index (χ4n) is 2.71. The number of fused-ring (bicyclic) bond motifs is 1. The summed E-state index contributed by atoms with van der Waals surface area (Å²) in [5.74, 6) is 0. The Morgan fingerprint density at radius 2 is 2.16 bits per heavy atom. The van der Waals surface area contributed by atoms with Crippen molar-refractivity contribution in [2.24, 2.45) is 0 Å². The van der Waals surface area contributed by atoms with Crippen LogP contribution >= 0.6 is 0 Å². The Bertz CT molecular complexity index is 515. The first-order valence-electron chi connectivity index (χ1n) is 7.13. The second-order valence-corrected chi connectivity index (χ2v) is 5.15. The lowest BCUT2D eigenvalue weighted by atomic mass is 10.2. The molecule has 5 heteroatoms. The van der Waals surface area contributed by atoms with Gasteiger partial charge in [0, 0.05) is 12.7 Å². The van der Waals surface area contributed by atoms with Crippen molar-refractivity contribution in [1.29, 1.82) is 0 Å². The molecule has 1 fully saturated rings. The first kappa shape index (κ1) is 12.6. The van der Waals surface area contributed by atoms with Crippen LogP contribution in [0.4, 0.5) is 0 Å². The third kappa shape index (κ3) is 3.11. The van der Waals surface area contributed by atoms with Gasteiger partial charge >= 0.3 is 0 Å². The molecule has 102 valence electrons. The van der Waals surface area contributed by atoms with Gasteiger partial charge in [0.25, 0.3) is 0 Å². The summed E-state index contributed by atoms with van der Waals surface area (Å²) in [6.45, 7) is 5.75. The van der Waals surface area contributed by atoms with Crippen LogP contribution in [0.1, 0.15) is 24.8 Å². The molecule has 0 amide bonds. The summed E-state index contributed by atoms with van der Waals surface area (Å²) in [6, 6.07) is 2.05. The number of likely N-dealkylation sites (tertiary alicyclic amines) is 1. The van der Waals surface area contributed by atoms with Crippen LogP contribution in [-0.2, 0) is 6.54 Å². The van der Waals surface area contributed by atoms with E-state index in [0.29, 0.717) is 0 Å². The van der Waals surface area contributed by atoms with Crippen molar-refractivity contribution >= 4 is 11.2 Å². The second kappa shape index (κ2) is 6.12. The van der Waals surface area contributed by atoms with Crippen molar-refractivity contribution < 1.29 is 0 Å². The van der Waals surface area contributed by atoms with Gasteiger partial charge in [-0.1, -0.05) is 0 Å². The van der Waals surface area contributed by atoms with Gasteiger partial charge in [0.1, 0.15) is 0 Å². The van der Waals surface area contributed by atoms with Gasteiger partial charge < -0.3 is 15.2 Å². The van der Waals surface area contributed by atoms with E-state index in [2.05, 4.69) is 25.2 Å². The van der Waals surface area contributed by atoms with E-state index in [0.717, 1.165) is 24.3 Å². The smallest absolute Gasteiger partial charge is 0.177 e.